The predicted octanol–water partition coefficient (Wildman–Crippen LogP) is 4.33. The van der Waals surface area contributed by atoms with Gasteiger partial charge in [0.1, 0.15) is 11.6 Å². The molecule has 1 heterocycles. The largest absolute Gasteiger partial charge is 0.493 e. The maximum absolute atomic E-state index is 10.8. The maximum atomic E-state index is 10.8. The number of ether oxygens (including phenoxy) is 2. The summed E-state index contributed by atoms with van der Waals surface area (Å²) in [6, 6.07) is 13.8. The summed E-state index contributed by atoms with van der Waals surface area (Å²) in [5.41, 5.74) is 3.69. The number of hydrogen-bond acceptors (Lipinski definition) is 5. The van der Waals surface area contributed by atoms with E-state index in [1.54, 1.807) is 12.5 Å². The third-order valence-electron chi connectivity index (χ3n) is 3.81. The summed E-state index contributed by atoms with van der Waals surface area (Å²) in [4.78, 5) is 15.2. The van der Waals surface area contributed by atoms with Crippen molar-refractivity contribution < 1.29 is 19.4 Å². The van der Waals surface area contributed by atoms with Crippen LogP contribution in [0.2, 0.25) is 0 Å². The van der Waals surface area contributed by atoms with E-state index in [-0.39, 0.29) is 6.42 Å². The number of methoxy groups -OCH3 is 1. The van der Waals surface area contributed by atoms with Gasteiger partial charge >= 0.3 is 5.97 Å². The first kappa shape index (κ1) is 17.9. The Morgan fingerprint density at radius 2 is 1.92 bits per heavy atom. The van der Waals surface area contributed by atoms with Crippen molar-refractivity contribution in [3.63, 3.8) is 0 Å². The monoisotopic (exact) mass is 369 g/mol. The van der Waals surface area contributed by atoms with Gasteiger partial charge in [0.15, 0.2) is 11.5 Å². The maximum Gasteiger partial charge on any atom is 0.309 e. The van der Waals surface area contributed by atoms with Crippen LogP contribution in [0.4, 0.5) is 0 Å². The summed E-state index contributed by atoms with van der Waals surface area (Å²) in [7, 11) is 1.60. The molecule has 0 saturated heterocycles. The minimum Gasteiger partial charge on any atom is -0.493 e. The first-order chi connectivity index (χ1) is 12.5. The van der Waals surface area contributed by atoms with Gasteiger partial charge in [-0.2, -0.15) is 0 Å². The lowest BCUT2D eigenvalue weighted by Crippen LogP contribution is -2.00. The fourth-order valence-corrected chi connectivity index (χ4v) is 3.26. The molecule has 0 aliphatic rings. The molecule has 0 aliphatic heterocycles. The van der Waals surface area contributed by atoms with Crippen molar-refractivity contribution in [2.45, 2.75) is 20.0 Å². The van der Waals surface area contributed by atoms with Gasteiger partial charge < -0.3 is 14.6 Å². The van der Waals surface area contributed by atoms with Gasteiger partial charge in [0.2, 0.25) is 0 Å². The number of aliphatic carboxylic acids is 1. The number of carboxylic acids is 1. The molecule has 0 aliphatic carbocycles. The molecular formula is C20H19NO4S. The number of rotatable bonds is 7. The second-order valence-electron chi connectivity index (χ2n) is 5.85. The second-order valence-corrected chi connectivity index (χ2v) is 6.71. The van der Waals surface area contributed by atoms with Crippen molar-refractivity contribution in [3.8, 4) is 22.1 Å². The summed E-state index contributed by atoms with van der Waals surface area (Å²) in [6.45, 7) is 2.48. The molecule has 1 N–H and O–H groups in total. The Morgan fingerprint density at radius 1 is 1.15 bits per heavy atom. The summed E-state index contributed by atoms with van der Waals surface area (Å²) in [5.74, 6) is 0.377. The first-order valence-corrected chi connectivity index (χ1v) is 8.96. The summed E-state index contributed by atoms with van der Waals surface area (Å²) >= 11 is 1.41. The molecule has 0 bridgehead atoms. The summed E-state index contributed by atoms with van der Waals surface area (Å²) < 4.78 is 11.3. The van der Waals surface area contributed by atoms with Crippen molar-refractivity contribution in [2.75, 3.05) is 7.11 Å². The van der Waals surface area contributed by atoms with Crippen LogP contribution in [0.15, 0.2) is 47.8 Å². The second kappa shape index (κ2) is 8.01. The molecule has 0 spiro atoms. The Kier molecular flexibility index (Phi) is 5.53. The number of carboxylic acid groups (broad SMARTS) is 1. The Morgan fingerprint density at radius 3 is 2.62 bits per heavy atom. The van der Waals surface area contributed by atoms with Crippen molar-refractivity contribution >= 4 is 17.3 Å². The quantitative estimate of drug-likeness (QED) is 0.671. The normalized spacial score (nSPS) is 10.5. The molecule has 3 aromatic rings. The van der Waals surface area contributed by atoms with Gasteiger partial charge in [-0.05, 0) is 30.7 Å². The average molecular weight is 369 g/mol. The number of aryl methyl sites for hydroxylation is 1. The third kappa shape index (κ3) is 4.40. The molecule has 1 aromatic heterocycles. The highest BCUT2D eigenvalue weighted by atomic mass is 32.1. The number of hydrogen-bond donors (Lipinski definition) is 1. The number of aromatic nitrogens is 1. The zero-order valence-corrected chi connectivity index (χ0v) is 15.4. The van der Waals surface area contributed by atoms with E-state index in [1.807, 2.05) is 49.4 Å². The van der Waals surface area contributed by atoms with Crippen LogP contribution in [0.5, 0.6) is 11.5 Å². The van der Waals surface area contributed by atoms with E-state index >= 15 is 0 Å². The summed E-state index contributed by atoms with van der Waals surface area (Å²) in [6.07, 6.45) is -0.0799. The van der Waals surface area contributed by atoms with Crippen LogP contribution >= 0.6 is 11.3 Å². The lowest BCUT2D eigenvalue weighted by Gasteiger charge is -2.12. The SMILES string of the molecule is COc1ccc(-c2nc(CC(=O)O)cs2)cc1OCc1ccc(C)cc1. The Bertz CT molecular complexity index is 902. The Labute approximate surface area is 155 Å². The van der Waals surface area contributed by atoms with Gasteiger partial charge in [0, 0.05) is 10.9 Å². The topological polar surface area (TPSA) is 68.7 Å². The minimum absolute atomic E-state index is 0.0799. The van der Waals surface area contributed by atoms with E-state index in [1.165, 1.54) is 16.9 Å². The molecule has 0 fully saturated rings. The standard InChI is InChI=1S/C20H19NO4S/c1-13-3-5-14(6-4-13)11-25-18-9-15(7-8-17(18)24-2)20-21-16(12-26-20)10-19(22)23/h3-9,12H,10-11H2,1-2H3,(H,22,23). The Balaban J connectivity index is 1.80. The number of benzene rings is 2. The van der Waals surface area contributed by atoms with Crippen LogP contribution in [-0.2, 0) is 17.8 Å². The van der Waals surface area contributed by atoms with Gasteiger partial charge in [0.25, 0.3) is 0 Å². The highest BCUT2D eigenvalue weighted by molar-refractivity contribution is 7.13. The minimum atomic E-state index is -0.890. The Hall–Kier alpha value is -2.86. The molecule has 3 rings (SSSR count). The van der Waals surface area contributed by atoms with E-state index in [9.17, 15) is 4.79 Å². The van der Waals surface area contributed by atoms with E-state index in [0.29, 0.717) is 23.8 Å². The van der Waals surface area contributed by atoms with Gasteiger partial charge in [-0.15, -0.1) is 11.3 Å². The fourth-order valence-electron chi connectivity index (χ4n) is 2.44. The molecule has 6 heteroatoms. The zero-order valence-electron chi connectivity index (χ0n) is 14.6. The molecule has 0 atom stereocenters. The lowest BCUT2D eigenvalue weighted by molar-refractivity contribution is -0.136. The smallest absolute Gasteiger partial charge is 0.309 e. The van der Waals surface area contributed by atoms with Crippen molar-refractivity contribution in [1.82, 2.24) is 4.98 Å². The molecule has 0 unspecified atom stereocenters. The van der Waals surface area contributed by atoms with Crippen LogP contribution in [0.25, 0.3) is 10.6 Å². The van der Waals surface area contributed by atoms with Gasteiger partial charge in [-0.3, -0.25) is 4.79 Å². The molecule has 0 saturated carbocycles. The fraction of sp³-hybridized carbons (Fsp3) is 0.200. The average Bonchev–Trinajstić information content (AvgIpc) is 3.08. The van der Waals surface area contributed by atoms with Crippen molar-refractivity contribution in [2.24, 2.45) is 0 Å². The molecule has 0 amide bonds. The van der Waals surface area contributed by atoms with Crippen LogP contribution in [-0.4, -0.2) is 23.2 Å². The summed E-state index contributed by atoms with van der Waals surface area (Å²) in [5, 5.41) is 11.4. The van der Waals surface area contributed by atoms with Crippen molar-refractivity contribution in [1.29, 1.82) is 0 Å². The zero-order chi connectivity index (χ0) is 18.5. The van der Waals surface area contributed by atoms with E-state index in [2.05, 4.69) is 4.98 Å². The van der Waals surface area contributed by atoms with Crippen LogP contribution < -0.4 is 9.47 Å². The molecule has 0 radical (unpaired) electrons. The highest BCUT2D eigenvalue weighted by Gasteiger charge is 2.12. The molecule has 134 valence electrons. The number of carbonyl (C=O) groups is 1. The van der Waals surface area contributed by atoms with Gasteiger partial charge in [-0.1, -0.05) is 29.8 Å². The first-order valence-electron chi connectivity index (χ1n) is 8.08. The number of nitrogens with zero attached hydrogens (tertiary/aromatic N) is 1. The van der Waals surface area contributed by atoms with Crippen LogP contribution in [0.3, 0.4) is 0 Å². The lowest BCUT2D eigenvalue weighted by atomic mass is 10.1. The third-order valence-corrected chi connectivity index (χ3v) is 4.75. The molecule has 26 heavy (non-hydrogen) atoms. The van der Waals surface area contributed by atoms with E-state index < -0.39 is 5.97 Å². The van der Waals surface area contributed by atoms with Crippen LogP contribution in [0.1, 0.15) is 16.8 Å². The highest BCUT2D eigenvalue weighted by Crippen LogP contribution is 2.34. The van der Waals surface area contributed by atoms with Crippen molar-refractivity contribution in [3.05, 3.63) is 64.7 Å². The van der Waals surface area contributed by atoms with Gasteiger partial charge in [0.05, 0.1) is 19.2 Å². The molecular weight excluding hydrogens is 350 g/mol. The van der Waals surface area contributed by atoms with Gasteiger partial charge in [-0.25, -0.2) is 4.98 Å². The van der Waals surface area contributed by atoms with E-state index in [0.717, 1.165) is 16.1 Å². The molecule has 2 aromatic carbocycles. The van der Waals surface area contributed by atoms with E-state index in [4.69, 9.17) is 14.6 Å². The molecule has 5 nitrogen and oxygen atoms in total. The van der Waals surface area contributed by atoms with Crippen LogP contribution in [0, 0.1) is 6.92 Å². The number of thiazole rings is 1. The predicted molar refractivity (Wildman–Crippen MR) is 101 cm³/mol.